The number of nitrogens with two attached hydrogens (primary N) is 1. The van der Waals surface area contributed by atoms with Gasteiger partial charge >= 0.3 is 0 Å². The summed E-state index contributed by atoms with van der Waals surface area (Å²) in [5.74, 6) is 1.49. The first-order valence-electron chi connectivity index (χ1n) is 5.82. The molecule has 0 saturated heterocycles. The third-order valence-electron chi connectivity index (χ3n) is 2.45. The number of hydrogen-bond donors (Lipinski definition) is 1. The molecule has 0 aliphatic rings. The van der Waals surface area contributed by atoms with Crippen LogP contribution in [0.4, 0.5) is 0 Å². The van der Waals surface area contributed by atoms with E-state index in [2.05, 4.69) is 5.16 Å². The van der Waals surface area contributed by atoms with Gasteiger partial charge in [-0.15, -0.1) is 0 Å². The van der Waals surface area contributed by atoms with E-state index < -0.39 is 0 Å². The van der Waals surface area contributed by atoms with Crippen LogP contribution in [0.15, 0.2) is 40.9 Å². The normalized spacial score (nSPS) is 11.0. The zero-order valence-electron chi connectivity index (χ0n) is 10.3. The molecular formula is C14H16N2O2. The molecule has 1 aromatic heterocycles. The maximum atomic E-state index is 5.71. The smallest absolute Gasteiger partial charge is 0.174 e. The lowest BCUT2D eigenvalue weighted by Crippen LogP contribution is -1.96. The van der Waals surface area contributed by atoms with Crippen molar-refractivity contribution in [2.24, 2.45) is 5.73 Å². The second kappa shape index (κ2) is 6.02. The third kappa shape index (κ3) is 2.99. The number of allylic oxidation sites excluding steroid dienone is 1. The zero-order valence-corrected chi connectivity index (χ0v) is 10.3. The van der Waals surface area contributed by atoms with Crippen LogP contribution >= 0.6 is 0 Å². The Morgan fingerprint density at radius 1 is 1.39 bits per heavy atom. The highest BCUT2D eigenvalue weighted by Gasteiger charge is 2.05. The van der Waals surface area contributed by atoms with Crippen molar-refractivity contribution in [3.63, 3.8) is 0 Å². The Labute approximate surface area is 106 Å². The zero-order chi connectivity index (χ0) is 12.8. The number of rotatable bonds is 5. The van der Waals surface area contributed by atoms with Gasteiger partial charge in [0, 0.05) is 18.2 Å². The molecule has 2 aromatic rings. The van der Waals surface area contributed by atoms with Crippen molar-refractivity contribution < 1.29 is 9.26 Å². The average molecular weight is 244 g/mol. The molecule has 0 amide bonds. The van der Waals surface area contributed by atoms with E-state index in [1.807, 2.05) is 43.3 Å². The van der Waals surface area contributed by atoms with Gasteiger partial charge in [0.25, 0.3) is 0 Å². The van der Waals surface area contributed by atoms with Crippen LogP contribution in [0.2, 0.25) is 0 Å². The van der Waals surface area contributed by atoms with Crippen LogP contribution in [0.5, 0.6) is 5.75 Å². The van der Waals surface area contributed by atoms with Crippen molar-refractivity contribution in [1.82, 2.24) is 5.16 Å². The van der Waals surface area contributed by atoms with Gasteiger partial charge in [-0.3, -0.25) is 0 Å². The van der Waals surface area contributed by atoms with Crippen molar-refractivity contribution in [2.75, 3.05) is 0 Å². The SMILES string of the molecule is CC=Cc1ccccc1OCc1cc(CN)no1. The number of para-hydroxylation sites is 1. The molecule has 1 heterocycles. The van der Waals surface area contributed by atoms with Crippen LogP contribution < -0.4 is 10.5 Å². The van der Waals surface area contributed by atoms with E-state index in [0.717, 1.165) is 17.0 Å². The number of aromatic nitrogens is 1. The van der Waals surface area contributed by atoms with Gasteiger partial charge in [-0.25, -0.2) is 0 Å². The predicted octanol–water partition coefficient (Wildman–Crippen LogP) is 2.75. The summed E-state index contributed by atoms with van der Waals surface area (Å²) in [6.07, 6.45) is 3.98. The molecule has 1 aromatic carbocycles. The lowest BCUT2D eigenvalue weighted by atomic mass is 10.2. The number of hydrogen-bond acceptors (Lipinski definition) is 4. The Kier molecular flexibility index (Phi) is 4.15. The fourth-order valence-electron chi connectivity index (χ4n) is 1.60. The molecule has 0 unspecified atom stereocenters. The van der Waals surface area contributed by atoms with Crippen LogP contribution in [0.1, 0.15) is 23.9 Å². The highest BCUT2D eigenvalue weighted by atomic mass is 16.5. The Hall–Kier alpha value is -2.07. The predicted molar refractivity (Wildman–Crippen MR) is 69.9 cm³/mol. The van der Waals surface area contributed by atoms with E-state index in [1.165, 1.54) is 0 Å². The summed E-state index contributed by atoms with van der Waals surface area (Å²) < 4.78 is 10.8. The molecule has 0 bridgehead atoms. The lowest BCUT2D eigenvalue weighted by Gasteiger charge is -2.06. The monoisotopic (exact) mass is 244 g/mol. The minimum Gasteiger partial charge on any atom is -0.485 e. The van der Waals surface area contributed by atoms with Crippen molar-refractivity contribution in [3.8, 4) is 5.75 Å². The summed E-state index contributed by atoms with van der Waals surface area (Å²) in [5, 5.41) is 3.81. The topological polar surface area (TPSA) is 61.3 Å². The molecule has 4 nitrogen and oxygen atoms in total. The average Bonchev–Trinajstić information content (AvgIpc) is 2.86. The highest BCUT2D eigenvalue weighted by molar-refractivity contribution is 5.56. The molecule has 0 fully saturated rings. The van der Waals surface area contributed by atoms with Crippen molar-refractivity contribution in [2.45, 2.75) is 20.1 Å². The van der Waals surface area contributed by atoms with Gasteiger partial charge in [-0.1, -0.05) is 35.5 Å². The van der Waals surface area contributed by atoms with Gasteiger partial charge in [0.05, 0.1) is 5.69 Å². The van der Waals surface area contributed by atoms with Crippen LogP contribution in [0.25, 0.3) is 6.08 Å². The van der Waals surface area contributed by atoms with Crippen LogP contribution in [0.3, 0.4) is 0 Å². The molecule has 0 radical (unpaired) electrons. The van der Waals surface area contributed by atoms with E-state index in [-0.39, 0.29) is 0 Å². The maximum Gasteiger partial charge on any atom is 0.174 e. The summed E-state index contributed by atoms with van der Waals surface area (Å²) in [5.41, 5.74) is 7.23. The molecule has 18 heavy (non-hydrogen) atoms. The molecule has 0 aliphatic heterocycles. The second-order valence-electron chi connectivity index (χ2n) is 3.82. The van der Waals surface area contributed by atoms with Crippen molar-refractivity contribution >= 4 is 6.08 Å². The number of ether oxygens (including phenoxy) is 1. The first-order chi connectivity index (χ1) is 8.83. The Morgan fingerprint density at radius 3 is 2.94 bits per heavy atom. The van der Waals surface area contributed by atoms with Gasteiger partial charge in [0.15, 0.2) is 5.76 Å². The molecule has 4 heteroatoms. The van der Waals surface area contributed by atoms with Crippen LogP contribution in [-0.4, -0.2) is 5.16 Å². The standard InChI is InChI=1S/C14H16N2O2/c1-2-5-11-6-3-4-7-14(11)17-10-13-8-12(9-15)16-18-13/h2-8H,9-10,15H2,1H3. The Balaban J connectivity index is 2.05. The second-order valence-corrected chi connectivity index (χ2v) is 3.82. The molecule has 2 N–H and O–H groups in total. The Morgan fingerprint density at radius 2 is 2.22 bits per heavy atom. The van der Waals surface area contributed by atoms with E-state index in [0.29, 0.717) is 18.9 Å². The summed E-state index contributed by atoms with van der Waals surface area (Å²) >= 11 is 0. The fraction of sp³-hybridized carbons (Fsp3) is 0.214. The summed E-state index contributed by atoms with van der Waals surface area (Å²) in [4.78, 5) is 0. The number of nitrogens with zero attached hydrogens (tertiary/aromatic N) is 1. The van der Waals surface area contributed by atoms with Crippen LogP contribution in [-0.2, 0) is 13.2 Å². The third-order valence-corrected chi connectivity index (χ3v) is 2.45. The maximum absolute atomic E-state index is 5.71. The minimum absolute atomic E-state index is 0.349. The lowest BCUT2D eigenvalue weighted by molar-refractivity contribution is 0.248. The van der Waals surface area contributed by atoms with Gasteiger partial charge in [-0.05, 0) is 13.0 Å². The van der Waals surface area contributed by atoms with Gasteiger partial charge in [0.1, 0.15) is 12.4 Å². The van der Waals surface area contributed by atoms with Crippen molar-refractivity contribution in [3.05, 3.63) is 53.4 Å². The molecule has 2 rings (SSSR count). The molecule has 0 saturated carbocycles. The summed E-state index contributed by atoms with van der Waals surface area (Å²) in [7, 11) is 0. The van der Waals surface area contributed by atoms with Gasteiger partial charge in [-0.2, -0.15) is 0 Å². The largest absolute Gasteiger partial charge is 0.485 e. The quantitative estimate of drug-likeness (QED) is 0.878. The summed E-state index contributed by atoms with van der Waals surface area (Å²) in [6, 6.07) is 9.64. The minimum atomic E-state index is 0.349. The van der Waals surface area contributed by atoms with E-state index >= 15 is 0 Å². The first-order valence-corrected chi connectivity index (χ1v) is 5.82. The van der Waals surface area contributed by atoms with E-state index in [9.17, 15) is 0 Å². The van der Waals surface area contributed by atoms with Crippen molar-refractivity contribution in [1.29, 1.82) is 0 Å². The summed E-state index contributed by atoms with van der Waals surface area (Å²) in [6.45, 7) is 2.70. The van der Waals surface area contributed by atoms with Gasteiger partial charge < -0.3 is 15.0 Å². The Bertz CT molecular complexity index is 532. The van der Waals surface area contributed by atoms with E-state index in [1.54, 1.807) is 6.07 Å². The molecule has 0 spiro atoms. The first kappa shape index (κ1) is 12.4. The fourth-order valence-corrected chi connectivity index (χ4v) is 1.60. The number of benzene rings is 1. The molecule has 0 aliphatic carbocycles. The molecule has 94 valence electrons. The van der Waals surface area contributed by atoms with Crippen LogP contribution in [0, 0.1) is 0 Å². The van der Waals surface area contributed by atoms with E-state index in [4.69, 9.17) is 15.0 Å². The molecule has 0 atom stereocenters. The van der Waals surface area contributed by atoms with Gasteiger partial charge in [0.2, 0.25) is 0 Å². The molecular weight excluding hydrogens is 228 g/mol. The highest BCUT2D eigenvalue weighted by Crippen LogP contribution is 2.20.